The molecule has 0 saturated heterocycles. The normalized spacial score (nSPS) is 11.8. The molecule has 3 aromatic rings. The number of halogens is 3. The molecule has 0 aliphatic carbocycles. The van der Waals surface area contributed by atoms with Gasteiger partial charge in [0.15, 0.2) is 11.4 Å². The van der Waals surface area contributed by atoms with Crippen LogP contribution in [0.15, 0.2) is 42.7 Å². The maximum absolute atomic E-state index is 13.1. The van der Waals surface area contributed by atoms with Crippen molar-refractivity contribution in [3.8, 4) is 11.3 Å². The molecule has 0 fully saturated rings. The Bertz CT molecular complexity index is 868. The predicted octanol–water partition coefficient (Wildman–Crippen LogP) is 3.62. The number of hydrogen-bond donors (Lipinski definition) is 0. The van der Waals surface area contributed by atoms with Crippen molar-refractivity contribution in [3.05, 3.63) is 53.9 Å². The highest BCUT2D eigenvalue weighted by Gasteiger charge is 2.33. The Morgan fingerprint density at radius 1 is 1.18 bits per heavy atom. The summed E-state index contributed by atoms with van der Waals surface area (Å²) in [7, 11) is 0. The van der Waals surface area contributed by atoms with E-state index in [-0.39, 0.29) is 28.3 Å². The summed E-state index contributed by atoms with van der Waals surface area (Å²) in [5, 5.41) is 3.96. The van der Waals surface area contributed by atoms with E-state index in [1.807, 2.05) is 0 Å². The molecule has 0 saturated carbocycles. The number of aromatic nitrogens is 3. The fourth-order valence-electron chi connectivity index (χ4n) is 2.22. The van der Waals surface area contributed by atoms with Crippen LogP contribution in [-0.4, -0.2) is 20.4 Å². The van der Waals surface area contributed by atoms with Gasteiger partial charge in [-0.05, 0) is 19.1 Å². The second kappa shape index (κ2) is 4.94. The number of carbonyl (C=O) groups excluding carboxylic acids is 1. The Balaban J connectivity index is 2.23. The van der Waals surface area contributed by atoms with Crippen LogP contribution in [0.4, 0.5) is 13.2 Å². The van der Waals surface area contributed by atoms with E-state index in [1.165, 1.54) is 48.1 Å². The molecule has 2 heterocycles. The van der Waals surface area contributed by atoms with Crippen LogP contribution >= 0.6 is 0 Å². The van der Waals surface area contributed by atoms with Gasteiger partial charge < -0.3 is 0 Å². The Labute approximate surface area is 123 Å². The summed E-state index contributed by atoms with van der Waals surface area (Å²) >= 11 is 0. The number of fused-ring (bicyclic) bond motifs is 1. The summed E-state index contributed by atoms with van der Waals surface area (Å²) in [6.45, 7) is 1.36. The van der Waals surface area contributed by atoms with Gasteiger partial charge in [0.05, 0.1) is 23.0 Å². The number of rotatable bonds is 2. The molecule has 2 aromatic heterocycles. The summed E-state index contributed by atoms with van der Waals surface area (Å²) in [4.78, 5) is 15.7. The van der Waals surface area contributed by atoms with Gasteiger partial charge in [-0.2, -0.15) is 18.3 Å². The summed E-state index contributed by atoms with van der Waals surface area (Å²) in [5.74, 6) is -0.247. The number of benzene rings is 1. The molecule has 7 heteroatoms. The van der Waals surface area contributed by atoms with Crippen LogP contribution in [0.3, 0.4) is 0 Å². The van der Waals surface area contributed by atoms with Crippen molar-refractivity contribution in [1.82, 2.24) is 14.6 Å². The first-order valence-corrected chi connectivity index (χ1v) is 6.40. The average Bonchev–Trinajstić information content (AvgIpc) is 2.89. The molecule has 0 unspecified atom stereocenters. The van der Waals surface area contributed by atoms with E-state index in [9.17, 15) is 18.0 Å². The molecule has 4 nitrogen and oxygen atoms in total. The van der Waals surface area contributed by atoms with Gasteiger partial charge >= 0.3 is 6.18 Å². The van der Waals surface area contributed by atoms with E-state index in [0.29, 0.717) is 0 Å². The summed E-state index contributed by atoms with van der Waals surface area (Å²) in [5.41, 5.74) is -0.152. The highest BCUT2D eigenvalue weighted by molar-refractivity contribution is 5.99. The summed E-state index contributed by atoms with van der Waals surface area (Å²) in [6.07, 6.45) is -1.64. The predicted molar refractivity (Wildman–Crippen MR) is 73.4 cm³/mol. The van der Waals surface area contributed by atoms with Crippen LogP contribution in [0.25, 0.3) is 16.9 Å². The zero-order valence-electron chi connectivity index (χ0n) is 11.4. The van der Waals surface area contributed by atoms with E-state index in [1.54, 1.807) is 0 Å². The topological polar surface area (TPSA) is 47.3 Å². The van der Waals surface area contributed by atoms with Crippen molar-refractivity contribution < 1.29 is 18.0 Å². The molecular formula is C15H10F3N3O. The number of alkyl halides is 3. The smallest absolute Gasteiger partial charge is 0.294 e. The first-order chi connectivity index (χ1) is 10.4. The van der Waals surface area contributed by atoms with Gasteiger partial charge in [-0.25, -0.2) is 9.50 Å². The minimum absolute atomic E-state index is 0.0341. The van der Waals surface area contributed by atoms with Crippen LogP contribution in [0, 0.1) is 0 Å². The lowest BCUT2D eigenvalue weighted by atomic mass is 10.0. The Morgan fingerprint density at radius 2 is 1.91 bits per heavy atom. The van der Waals surface area contributed by atoms with Crippen molar-refractivity contribution >= 4 is 11.4 Å². The van der Waals surface area contributed by atoms with Gasteiger partial charge in [0.25, 0.3) is 0 Å². The molecule has 22 heavy (non-hydrogen) atoms. The lowest BCUT2D eigenvalue weighted by Crippen LogP contribution is -2.07. The Kier molecular flexibility index (Phi) is 3.20. The maximum atomic E-state index is 13.1. The largest absolute Gasteiger partial charge is 0.417 e. The fraction of sp³-hybridized carbons (Fsp3) is 0.133. The number of carbonyl (C=O) groups is 1. The van der Waals surface area contributed by atoms with Crippen molar-refractivity contribution in [2.45, 2.75) is 13.1 Å². The lowest BCUT2D eigenvalue weighted by Gasteiger charge is -2.12. The number of nitrogens with zero attached hydrogens (tertiary/aromatic N) is 3. The van der Waals surface area contributed by atoms with Crippen LogP contribution in [-0.2, 0) is 6.18 Å². The fourth-order valence-corrected chi connectivity index (χ4v) is 2.22. The molecule has 112 valence electrons. The molecule has 0 atom stereocenters. The first kappa shape index (κ1) is 14.2. The molecule has 0 N–H and O–H groups in total. The van der Waals surface area contributed by atoms with Gasteiger partial charge in [-0.3, -0.25) is 4.79 Å². The number of Topliss-reactive ketones (excluding diaryl/α,β-unsaturated/α-hetero) is 1. The van der Waals surface area contributed by atoms with Gasteiger partial charge in [0.2, 0.25) is 0 Å². The van der Waals surface area contributed by atoms with Crippen molar-refractivity contribution in [2.24, 2.45) is 0 Å². The third-order valence-corrected chi connectivity index (χ3v) is 3.26. The minimum atomic E-state index is -4.48. The third kappa shape index (κ3) is 2.34. The maximum Gasteiger partial charge on any atom is 0.417 e. The van der Waals surface area contributed by atoms with Gasteiger partial charge in [-0.15, -0.1) is 0 Å². The quantitative estimate of drug-likeness (QED) is 0.679. The first-order valence-electron chi connectivity index (χ1n) is 6.40. The zero-order chi connectivity index (χ0) is 15.9. The van der Waals surface area contributed by atoms with Crippen LogP contribution < -0.4 is 0 Å². The van der Waals surface area contributed by atoms with Crippen molar-refractivity contribution in [1.29, 1.82) is 0 Å². The van der Waals surface area contributed by atoms with Crippen LogP contribution in [0.1, 0.15) is 22.8 Å². The van der Waals surface area contributed by atoms with E-state index in [4.69, 9.17) is 0 Å². The zero-order valence-corrected chi connectivity index (χ0v) is 11.4. The van der Waals surface area contributed by atoms with E-state index < -0.39 is 11.7 Å². The Morgan fingerprint density at radius 3 is 2.59 bits per heavy atom. The SMILES string of the molecule is CC(=O)c1cnn2ccc(-c3ccccc3C(F)(F)F)nc12. The molecular weight excluding hydrogens is 295 g/mol. The average molecular weight is 305 g/mol. The van der Waals surface area contributed by atoms with Gasteiger partial charge in [-0.1, -0.05) is 18.2 Å². The number of hydrogen-bond acceptors (Lipinski definition) is 3. The monoisotopic (exact) mass is 305 g/mol. The van der Waals surface area contributed by atoms with Crippen LogP contribution in [0.5, 0.6) is 0 Å². The second-order valence-electron chi connectivity index (χ2n) is 4.74. The lowest BCUT2D eigenvalue weighted by molar-refractivity contribution is -0.137. The van der Waals surface area contributed by atoms with Gasteiger partial charge in [0.1, 0.15) is 0 Å². The molecule has 0 aliphatic rings. The standard InChI is InChI=1S/C15H10F3N3O/c1-9(22)11-8-19-21-7-6-13(20-14(11)21)10-4-2-3-5-12(10)15(16,17)18/h2-8H,1H3. The molecule has 0 spiro atoms. The Hall–Kier alpha value is -2.70. The minimum Gasteiger partial charge on any atom is -0.294 e. The van der Waals surface area contributed by atoms with Gasteiger partial charge in [0, 0.05) is 11.8 Å². The molecule has 0 aliphatic heterocycles. The van der Waals surface area contributed by atoms with Crippen molar-refractivity contribution in [2.75, 3.05) is 0 Å². The van der Waals surface area contributed by atoms with E-state index in [2.05, 4.69) is 10.1 Å². The highest BCUT2D eigenvalue weighted by Crippen LogP contribution is 2.36. The molecule has 3 rings (SSSR count). The summed E-state index contributed by atoms with van der Waals surface area (Å²) in [6, 6.07) is 6.63. The van der Waals surface area contributed by atoms with E-state index in [0.717, 1.165) is 6.07 Å². The number of ketones is 1. The van der Waals surface area contributed by atoms with Crippen LogP contribution in [0.2, 0.25) is 0 Å². The molecule has 0 bridgehead atoms. The molecule has 1 aromatic carbocycles. The van der Waals surface area contributed by atoms with E-state index >= 15 is 0 Å². The molecule has 0 radical (unpaired) electrons. The van der Waals surface area contributed by atoms with Crippen molar-refractivity contribution in [3.63, 3.8) is 0 Å². The summed E-state index contributed by atoms with van der Waals surface area (Å²) < 4.78 is 40.6. The molecule has 0 amide bonds. The highest BCUT2D eigenvalue weighted by atomic mass is 19.4. The third-order valence-electron chi connectivity index (χ3n) is 3.26. The second-order valence-corrected chi connectivity index (χ2v) is 4.74.